The van der Waals surface area contributed by atoms with Crippen LogP contribution in [-0.2, 0) is 9.53 Å². The van der Waals surface area contributed by atoms with Crippen molar-refractivity contribution in [3.05, 3.63) is 28.3 Å². The van der Waals surface area contributed by atoms with Crippen LogP contribution in [-0.4, -0.2) is 35.7 Å². The highest BCUT2D eigenvalue weighted by Gasteiger charge is 2.29. The first-order chi connectivity index (χ1) is 9.73. The maximum Gasteiger partial charge on any atom is 0.422 e. The fraction of sp³-hybridized carbons (Fsp3) is 0.364. The van der Waals surface area contributed by atoms with Crippen molar-refractivity contribution >= 4 is 35.2 Å². The molecule has 116 valence electrons. The van der Waals surface area contributed by atoms with Crippen LogP contribution in [0.25, 0.3) is 0 Å². The van der Waals surface area contributed by atoms with Crippen LogP contribution in [0.5, 0.6) is 0 Å². The minimum atomic E-state index is -4.59. The van der Waals surface area contributed by atoms with Crippen LogP contribution in [0.3, 0.4) is 0 Å². The van der Waals surface area contributed by atoms with Gasteiger partial charge in [-0.25, -0.2) is 0 Å². The Labute approximate surface area is 126 Å². The topological polar surface area (TPSA) is 69.4 Å². The second kappa shape index (κ2) is 7.55. The van der Waals surface area contributed by atoms with Crippen molar-refractivity contribution in [2.45, 2.75) is 16.0 Å². The number of benzene rings is 1. The Morgan fingerprint density at radius 2 is 2.10 bits per heavy atom. The van der Waals surface area contributed by atoms with Gasteiger partial charge in [-0.1, -0.05) is 0 Å². The van der Waals surface area contributed by atoms with Crippen LogP contribution in [0.1, 0.15) is 0 Å². The minimum Gasteiger partial charge on any atom is -0.455 e. The zero-order valence-corrected chi connectivity index (χ0v) is 12.3. The highest BCUT2D eigenvalue weighted by molar-refractivity contribution is 8.00. The Balaban J connectivity index is 2.67. The van der Waals surface area contributed by atoms with Crippen molar-refractivity contribution in [3.63, 3.8) is 0 Å². The molecule has 0 atom stereocenters. The third kappa shape index (κ3) is 6.25. The van der Waals surface area contributed by atoms with Crippen LogP contribution < -0.4 is 0 Å². The van der Waals surface area contributed by atoms with Gasteiger partial charge in [-0.15, -0.1) is 23.5 Å². The van der Waals surface area contributed by atoms with E-state index >= 15 is 0 Å². The van der Waals surface area contributed by atoms with E-state index in [1.54, 1.807) is 12.3 Å². The number of halogens is 3. The number of rotatable bonds is 6. The largest absolute Gasteiger partial charge is 0.455 e. The van der Waals surface area contributed by atoms with E-state index in [9.17, 15) is 28.1 Å². The number of esters is 1. The number of hydrogen-bond donors (Lipinski definition) is 0. The Morgan fingerprint density at radius 1 is 1.43 bits per heavy atom. The average molecular weight is 341 g/mol. The molecule has 0 saturated heterocycles. The van der Waals surface area contributed by atoms with Gasteiger partial charge in [0.15, 0.2) is 6.61 Å². The van der Waals surface area contributed by atoms with Crippen LogP contribution in [0.2, 0.25) is 0 Å². The number of carbonyl (C=O) groups excluding carboxylic acids is 1. The van der Waals surface area contributed by atoms with Crippen molar-refractivity contribution in [1.82, 2.24) is 0 Å². The fourth-order valence-electron chi connectivity index (χ4n) is 1.23. The highest BCUT2D eigenvalue weighted by Crippen LogP contribution is 2.32. The molecule has 5 nitrogen and oxygen atoms in total. The number of thioether (sulfide) groups is 2. The number of alkyl halides is 3. The molecular weight excluding hydrogens is 331 g/mol. The SMILES string of the molecule is CSc1ccc(SCC(=O)OCC(F)(F)F)c([N+](=O)[O-])c1. The summed E-state index contributed by atoms with van der Waals surface area (Å²) in [5.41, 5.74) is -0.199. The molecule has 0 aromatic heterocycles. The summed E-state index contributed by atoms with van der Waals surface area (Å²) in [4.78, 5) is 22.3. The first-order valence-corrected chi connectivity index (χ1v) is 7.61. The van der Waals surface area contributed by atoms with Gasteiger partial charge >= 0.3 is 12.1 Å². The maximum absolute atomic E-state index is 11.9. The standard InChI is InChI=1S/C11H10F3NO4S2/c1-20-7-2-3-9(8(4-7)15(17)18)21-5-10(16)19-6-11(12,13)14/h2-4H,5-6H2,1H3. The van der Waals surface area contributed by atoms with Crippen molar-refractivity contribution < 1.29 is 27.6 Å². The van der Waals surface area contributed by atoms with E-state index in [4.69, 9.17) is 0 Å². The number of carbonyl (C=O) groups is 1. The Bertz CT molecular complexity index is 537. The van der Waals surface area contributed by atoms with Crippen molar-refractivity contribution in [2.24, 2.45) is 0 Å². The van der Waals surface area contributed by atoms with Gasteiger partial charge in [-0.3, -0.25) is 14.9 Å². The first kappa shape index (κ1) is 17.6. The molecule has 1 aromatic rings. The predicted molar refractivity (Wildman–Crippen MR) is 72.6 cm³/mol. The summed E-state index contributed by atoms with van der Waals surface area (Å²) in [5, 5.41) is 10.9. The van der Waals surface area contributed by atoms with Gasteiger partial charge in [0.2, 0.25) is 0 Å². The van der Waals surface area contributed by atoms with Gasteiger partial charge < -0.3 is 4.74 Å². The lowest BCUT2D eigenvalue weighted by Gasteiger charge is -2.08. The normalized spacial score (nSPS) is 11.2. The molecule has 1 aromatic carbocycles. The molecule has 0 radical (unpaired) electrons. The summed E-state index contributed by atoms with van der Waals surface area (Å²) in [7, 11) is 0. The van der Waals surface area contributed by atoms with Gasteiger partial charge in [0.25, 0.3) is 5.69 Å². The van der Waals surface area contributed by atoms with E-state index < -0.39 is 29.4 Å². The van der Waals surface area contributed by atoms with E-state index in [0.717, 1.165) is 11.8 Å². The number of nitrogens with zero attached hydrogens (tertiary/aromatic N) is 1. The lowest BCUT2D eigenvalue weighted by Crippen LogP contribution is -2.21. The number of nitro groups is 1. The molecule has 0 aliphatic rings. The molecule has 0 aliphatic heterocycles. The molecule has 1 rings (SSSR count). The summed E-state index contributed by atoms with van der Waals surface area (Å²) >= 11 is 2.07. The van der Waals surface area contributed by atoms with Crippen molar-refractivity contribution in [1.29, 1.82) is 0 Å². The molecule has 0 aliphatic carbocycles. The van der Waals surface area contributed by atoms with E-state index in [2.05, 4.69) is 4.74 Å². The summed E-state index contributed by atoms with van der Waals surface area (Å²) in [6.45, 7) is -1.67. The Morgan fingerprint density at radius 3 is 2.62 bits per heavy atom. The predicted octanol–water partition coefficient (Wildman–Crippen LogP) is 3.51. The van der Waals surface area contributed by atoms with Gasteiger partial charge in [0.05, 0.1) is 15.6 Å². The van der Waals surface area contributed by atoms with Crippen LogP contribution in [0, 0.1) is 10.1 Å². The molecule has 0 amide bonds. The third-order valence-corrected chi connectivity index (χ3v) is 3.87. The summed E-state index contributed by atoms with van der Waals surface area (Å²) in [6, 6.07) is 4.42. The van der Waals surface area contributed by atoms with Crippen LogP contribution in [0.15, 0.2) is 28.0 Å². The molecule has 0 fully saturated rings. The molecule has 21 heavy (non-hydrogen) atoms. The quantitative estimate of drug-likeness (QED) is 0.341. The molecule has 0 spiro atoms. The van der Waals surface area contributed by atoms with Crippen molar-refractivity contribution in [3.8, 4) is 0 Å². The number of nitro benzene ring substituents is 1. The van der Waals surface area contributed by atoms with Gasteiger partial charge in [0.1, 0.15) is 0 Å². The maximum atomic E-state index is 11.9. The van der Waals surface area contributed by atoms with Crippen LogP contribution in [0.4, 0.5) is 18.9 Å². The van der Waals surface area contributed by atoms with Crippen molar-refractivity contribution in [2.75, 3.05) is 18.6 Å². The van der Waals surface area contributed by atoms with E-state index in [1.807, 2.05) is 0 Å². The van der Waals surface area contributed by atoms with E-state index in [-0.39, 0.29) is 10.6 Å². The smallest absolute Gasteiger partial charge is 0.422 e. The van der Waals surface area contributed by atoms with Gasteiger partial charge in [-0.2, -0.15) is 13.2 Å². The second-order valence-electron chi connectivity index (χ2n) is 3.66. The molecule has 0 unspecified atom stereocenters. The Hall–Kier alpha value is -1.42. The van der Waals surface area contributed by atoms with Crippen LogP contribution >= 0.6 is 23.5 Å². The number of ether oxygens (including phenoxy) is 1. The summed E-state index contributed by atoms with van der Waals surface area (Å²) < 4.78 is 39.6. The summed E-state index contributed by atoms with van der Waals surface area (Å²) in [6.07, 6.45) is -2.84. The highest BCUT2D eigenvalue weighted by atomic mass is 32.2. The Kier molecular flexibility index (Phi) is 6.34. The molecule has 10 heteroatoms. The lowest BCUT2D eigenvalue weighted by atomic mass is 10.3. The average Bonchev–Trinajstić information content (AvgIpc) is 2.41. The molecule has 0 N–H and O–H groups in total. The zero-order chi connectivity index (χ0) is 16.0. The van der Waals surface area contributed by atoms with Gasteiger partial charge in [-0.05, 0) is 18.4 Å². The summed E-state index contributed by atoms with van der Waals surface area (Å²) in [5.74, 6) is -1.52. The fourth-order valence-corrected chi connectivity index (χ4v) is 2.47. The minimum absolute atomic E-state index is 0.196. The molecule has 0 bridgehead atoms. The second-order valence-corrected chi connectivity index (χ2v) is 5.55. The van der Waals surface area contributed by atoms with E-state index in [1.165, 1.54) is 23.9 Å². The van der Waals surface area contributed by atoms with Gasteiger partial charge in [0, 0.05) is 11.0 Å². The number of hydrogen-bond acceptors (Lipinski definition) is 6. The zero-order valence-electron chi connectivity index (χ0n) is 10.7. The first-order valence-electron chi connectivity index (χ1n) is 5.40. The van der Waals surface area contributed by atoms with E-state index in [0.29, 0.717) is 4.90 Å². The third-order valence-electron chi connectivity index (χ3n) is 2.11. The monoisotopic (exact) mass is 341 g/mol. The molecule has 0 saturated carbocycles. The molecule has 0 heterocycles. The molecular formula is C11H10F3NO4S2. The lowest BCUT2D eigenvalue weighted by molar-refractivity contribution is -0.387.